The molecule has 17 heavy (non-hydrogen) atoms. The Hall–Kier alpha value is -1.55. The molecule has 0 saturated carbocycles. The number of carbonyl (C=O) groups excluding carboxylic acids is 1. The van der Waals surface area contributed by atoms with Gasteiger partial charge in [0.15, 0.2) is 0 Å². The molecule has 94 valence electrons. The minimum atomic E-state index is -0.619. The van der Waals surface area contributed by atoms with E-state index in [-0.39, 0.29) is 5.97 Å². The molecule has 0 aliphatic carbocycles. The van der Waals surface area contributed by atoms with Crippen LogP contribution in [-0.4, -0.2) is 25.2 Å². The zero-order chi connectivity index (χ0) is 12.7. The van der Waals surface area contributed by atoms with E-state index in [4.69, 9.17) is 15.2 Å². The van der Waals surface area contributed by atoms with Crippen molar-refractivity contribution in [2.75, 3.05) is 13.2 Å². The Morgan fingerprint density at radius 3 is 2.76 bits per heavy atom. The first-order valence-corrected chi connectivity index (χ1v) is 5.81. The van der Waals surface area contributed by atoms with E-state index in [1.54, 1.807) is 6.92 Å². The van der Waals surface area contributed by atoms with Crippen molar-refractivity contribution < 1.29 is 14.3 Å². The van der Waals surface area contributed by atoms with Crippen LogP contribution in [0.3, 0.4) is 0 Å². The Balaban J connectivity index is 2.61. The maximum Gasteiger partial charge on any atom is 0.323 e. The summed E-state index contributed by atoms with van der Waals surface area (Å²) in [6, 6.07) is 6.96. The highest BCUT2D eigenvalue weighted by Crippen LogP contribution is 2.14. The van der Waals surface area contributed by atoms with Crippen LogP contribution >= 0.6 is 0 Å². The predicted octanol–water partition coefficient (Wildman–Crippen LogP) is 1.52. The average Bonchev–Trinajstić information content (AvgIpc) is 2.30. The van der Waals surface area contributed by atoms with Gasteiger partial charge >= 0.3 is 5.97 Å². The summed E-state index contributed by atoms with van der Waals surface area (Å²) in [5.74, 6) is 0.426. The third kappa shape index (κ3) is 4.44. The first-order valence-electron chi connectivity index (χ1n) is 5.81. The van der Waals surface area contributed by atoms with Crippen molar-refractivity contribution in [2.45, 2.75) is 26.3 Å². The Morgan fingerprint density at radius 1 is 1.35 bits per heavy atom. The van der Waals surface area contributed by atoms with E-state index in [1.165, 1.54) is 0 Å². The van der Waals surface area contributed by atoms with Gasteiger partial charge in [-0.15, -0.1) is 0 Å². The van der Waals surface area contributed by atoms with Gasteiger partial charge in [0, 0.05) is 0 Å². The van der Waals surface area contributed by atoms with Gasteiger partial charge in [-0.1, -0.05) is 12.1 Å². The van der Waals surface area contributed by atoms with Crippen LogP contribution in [0, 0.1) is 0 Å². The molecule has 0 radical (unpaired) electrons. The first-order chi connectivity index (χ1) is 8.17. The van der Waals surface area contributed by atoms with E-state index in [0.29, 0.717) is 19.6 Å². The minimum Gasteiger partial charge on any atom is -0.494 e. The number of hydrogen-bond acceptors (Lipinski definition) is 4. The van der Waals surface area contributed by atoms with E-state index in [1.807, 2.05) is 31.2 Å². The second-order valence-corrected chi connectivity index (χ2v) is 3.64. The topological polar surface area (TPSA) is 61.5 Å². The number of rotatable bonds is 6. The van der Waals surface area contributed by atoms with Crippen LogP contribution in [-0.2, 0) is 16.0 Å². The lowest BCUT2D eigenvalue weighted by Crippen LogP contribution is -2.34. The highest BCUT2D eigenvalue weighted by molar-refractivity contribution is 5.75. The molecule has 0 aliphatic heterocycles. The summed E-state index contributed by atoms with van der Waals surface area (Å²) < 4.78 is 10.2. The maximum atomic E-state index is 11.4. The van der Waals surface area contributed by atoms with Crippen molar-refractivity contribution in [3.05, 3.63) is 29.8 Å². The normalized spacial score (nSPS) is 11.9. The molecule has 0 saturated heterocycles. The number of nitrogens with two attached hydrogens (primary N) is 1. The van der Waals surface area contributed by atoms with E-state index in [2.05, 4.69) is 0 Å². The summed E-state index contributed by atoms with van der Waals surface area (Å²) in [6.45, 7) is 4.66. The highest BCUT2D eigenvalue weighted by Gasteiger charge is 2.15. The molecule has 0 aromatic heterocycles. The number of carbonyl (C=O) groups is 1. The van der Waals surface area contributed by atoms with Crippen LogP contribution in [0.25, 0.3) is 0 Å². The Morgan fingerprint density at radius 2 is 2.12 bits per heavy atom. The fourth-order valence-corrected chi connectivity index (χ4v) is 1.52. The van der Waals surface area contributed by atoms with E-state index < -0.39 is 6.04 Å². The highest BCUT2D eigenvalue weighted by atomic mass is 16.5. The van der Waals surface area contributed by atoms with Gasteiger partial charge in [-0.25, -0.2) is 0 Å². The monoisotopic (exact) mass is 237 g/mol. The zero-order valence-corrected chi connectivity index (χ0v) is 10.3. The molecule has 0 bridgehead atoms. The van der Waals surface area contributed by atoms with Crippen molar-refractivity contribution >= 4 is 5.97 Å². The van der Waals surface area contributed by atoms with Crippen LogP contribution in [0.1, 0.15) is 19.4 Å². The fraction of sp³-hybridized carbons (Fsp3) is 0.462. The average molecular weight is 237 g/mol. The van der Waals surface area contributed by atoms with Gasteiger partial charge in [0.1, 0.15) is 11.8 Å². The largest absolute Gasteiger partial charge is 0.494 e. The Labute approximate surface area is 102 Å². The number of benzene rings is 1. The standard InChI is InChI=1S/C13H19NO3/c1-3-16-11-7-5-6-10(8-11)9-12(14)13(15)17-4-2/h5-8,12H,3-4,9,14H2,1-2H3. The van der Waals surface area contributed by atoms with Crippen LogP contribution in [0.2, 0.25) is 0 Å². The fourth-order valence-electron chi connectivity index (χ4n) is 1.52. The lowest BCUT2D eigenvalue weighted by molar-refractivity contribution is -0.144. The molecule has 1 rings (SSSR count). The van der Waals surface area contributed by atoms with Crippen molar-refractivity contribution in [2.24, 2.45) is 5.73 Å². The predicted molar refractivity (Wildman–Crippen MR) is 65.9 cm³/mol. The Kier molecular flexibility index (Phi) is 5.49. The van der Waals surface area contributed by atoms with Gasteiger partial charge in [0.05, 0.1) is 13.2 Å². The number of hydrogen-bond donors (Lipinski definition) is 1. The lowest BCUT2D eigenvalue weighted by atomic mass is 10.1. The molecule has 1 aromatic carbocycles. The second kappa shape index (κ2) is 6.91. The van der Waals surface area contributed by atoms with Crippen LogP contribution in [0.4, 0.5) is 0 Å². The van der Waals surface area contributed by atoms with Gasteiger partial charge in [0.25, 0.3) is 0 Å². The van der Waals surface area contributed by atoms with Crippen LogP contribution in [0.5, 0.6) is 5.75 Å². The van der Waals surface area contributed by atoms with Gasteiger partial charge < -0.3 is 15.2 Å². The van der Waals surface area contributed by atoms with Crippen molar-refractivity contribution in [3.8, 4) is 5.75 Å². The van der Waals surface area contributed by atoms with Gasteiger partial charge in [0.2, 0.25) is 0 Å². The molecule has 4 nitrogen and oxygen atoms in total. The van der Waals surface area contributed by atoms with Crippen LogP contribution < -0.4 is 10.5 Å². The van der Waals surface area contributed by atoms with Crippen molar-refractivity contribution in [3.63, 3.8) is 0 Å². The molecule has 0 amide bonds. The molecule has 0 fully saturated rings. The zero-order valence-electron chi connectivity index (χ0n) is 10.3. The van der Waals surface area contributed by atoms with E-state index >= 15 is 0 Å². The van der Waals surface area contributed by atoms with Crippen molar-refractivity contribution in [1.82, 2.24) is 0 Å². The lowest BCUT2D eigenvalue weighted by Gasteiger charge is -2.11. The quantitative estimate of drug-likeness (QED) is 0.762. The summed E-state index contributed by atoms with van der Waals surface area (Å²) >= 11 is 0. The smallest absolute Gasteiger partial charge is 0.323 e. The summed E-state index contributed by atoms with van der Waals surface area (Å²) in [5.41, 5.74) is 6.71. The molecule has 0 aliphatic rings. The third-order valence-electron chi connectivity index (χ3n) is 2.25. The van der Waals surface area contributed by atoms with E-state index in [9.17, 15) is 4.79 Å². The first kappa shape index (κ1) is 13.5. The van der Waals surface area contributed by atoms with Gasteiger partial charge in [-0.2, -0.15) is 0 Å². The molecule has 4 heteroatoms. The summed E-state index contributed by atoms with van der Waals surface area (Å²) in [5, 5.41) is 0. The maximum absolute atomic E-state index is 11.4. The van der Waals surface area contributed by atoms with Crippen molar-refractivity contribution in [1.29, 1.82) is 0 Å². The summed E-state index contributed by atoms with van der Waals surface area (Å²) in [4.78, 5) is 11.4. The molecule has 1 atom stereocenters. The Bertz CT molecular complexity index is 365. The molecule has 1 aromatic rings. The van der Waals surface area contributed by atoms with E-state index in [0.717, 1.165) is 11.3 Å². The third-order valence-corrected chi connectivity index (χ3v) is 2.25. The summed E-state index contributed by atoms with van der Waals surface area (Å²) in [6.07, 6.45) is 0.458. The minimum absolute atomic E-state index is 0.353. The molecular weight excluding hydrogens is 218 g/mol. The SMILES string of the molecule is CCOC(=O)C(N)Cc1cccc(OCC)c1. The van der Waals surface area contributed by atoms with Gasteiger partial charge in [-0.3, -0.25) is 4.79 Å². The molecular formula is C13H19NO3. The number of ether oxygens (including phenoxy) is 2. The molecule has 0 heterocycles. The summed E-state index contributed by atoms with van der Waals surface area (Å²) in [7, 11) is 0. The molecule has 1 unspecified atom stereocenters. The second-order valence-electron chi connectivity index (χ2n) is 3.64. The number of esters is 1. The van der Waals surface area contributed by atoms with Crippen LogP contribution in [0.15, 0.2) is 24.3 Å². The molecule has 2 N–H and O–H groups in total. The molecule has 0 spiro atoms. The van der Waals surface area contributed by atoms with Gasteiger partial charge in [-0.05, 0) is 38.0 Å².